The number of rotatable bonds is 5. The Morgan fingerprint density at radius 3 is 2.53 bits per heavy atom. The van der Waals surface area contributed by atoms with Crippen molar-refractivity contribution in [3.8, 4) is 0 Å². The average molecular weight is 411 g/mol. The standard InChI is InChI=1S/C29H46O/c1-7-21(19(2)3)9-8-20(4)25-12-13-26-24-11-10-22-18-23(30)14-16-28(22,5)27(24)15-17-29(25,26)6/h7,10-11,19-20,23,25-27,30H,8-9,12-18H2,1-6H3. The van der Waals surface area contributed by atoms with Crippen LogP contribution in [0.5, 0.6) is 0 Å². The second kappa shape index (κ2) is 8.27. The van der Waals surface area contributed by atoms with Crippen molar-refractivity contribution < 1.29 is 5.11 Å². The highest BCUT2D eigenvalue weighted by Gasteiger charge is 2.56. The fourth-order valence-electron chi connectivity index (χ4n) is 8.32. The van der Waals surface area contributed by atoms with Gasteiger partial charge < -0.3 is 5.11 Å². The highest BCUT2D eigenvalue weighted by Crippen LogP contribution is 2.66. The summed E-state index contributed by atoms with van der Waals surface area (Å²) in [5, 5.41) is 10.2. The summed E-state index contributed by atoms with van der Waals surface area (Å²) in [7, 11) is 0. The molecular weight excluding hydrogens is 364 g/mol. The van der Waals surface area contributed by atoms with Gasteiger partial charge in [-0.3, -0.25) is 0 Å². The zero-order valence-corrected chi connectivity index (χ0v) is 20.5. The van der Waals surface area contributed by atoms with Crippen molar-refractivity contribution in [2.24, 2.45) is 40.4 Å². The first kappa shape index (κ1) is 22.4. The number of hydrogen-bond donors (Lipinski definition) is 1. The Balaban J connectivity index is 1.52. The van der Waals surface area contributed by atoms with Gasteiger partial charge in [-0.1, -0.05) is 69.6 Å². The third-order valence-electron chi connectivity index (χ3n) is 10.3. The van der Waals surface area contributed by atoms with Crippen molar-refractivity contribution in [2.75, 3.05) is 0 Å². The van der Waals surface area contributed by atoms with Crippen LogP contribution in [0.25, 0.3) is 0 Å². The molecule has 1 heteroatoms. The first-order valence-corrected chi connectivity index (χ1v) is 12.9. The van der Waals surface area contributed by atoms with Gasteiger partial charge in [-0.15, -0.1) is 0 Å². The van der Waals surface area contributed by atoms with Crippen LogP contribution >= 0.6 is 0 Å². The monoisotopic (exact) mass is 410 g/mol. The molecule has 0 saturated heterocycles. The SMILES string of the molecule is CC=C(CCC(C)C1CCC2C3=CC=C4CC(O)CCC4(C)C3CCC21C)C(C)C. The maximum Gasteiger partial charge on any atom is 0.0578 e. The number of aliphatic hydroxyl groups is 1. The lowest BCUT2D eigenvalue weighted by Gasteiger charge is -2.55. The molecule has 0 amide bonds. The highest BCUT2D eigenvalue weighted by molar-refractivity contribution is 5.38. The Labute approximate surface area is 186 Å². The van der Waals surface area contributed by atoms with E-state index in [0.29, 0.717) is 16.7 Å². The van der Waals surface area contributed by atoms with Gasteiger partial charge in [-0.05, 0) is 105 Å². The minimum atomic E-state index is -0.113. The average Bonchev–Trinajstić information content (AvgIpc) is 3.06. The number of aliphatic hydroxyl groups excluding tert-OH is 1. The molecule has 1 N–H and O–H groups in total. The smallest absolute Gasteiger partial charge is 0.0578 e. The van der Waals surface area contributed by atoms with Crippen LogP contribution in [-0.4, -0.2) is 11.2 Å². The second-order valence-corrected chi connectivity index (χ2v) is 12.0. The Morgan fingerprint density at radius 2 is 1.83 bits per heavy atom. The largest absolute Gasteiger partial charge is 0.393 e. The van der Waals surface area contributed by atoms with Crippen LogP contribution in [0.4, 0.5) is 0 Å². The van der Waals surface area contributed by atoms with E-state index in [9.17, 15) is 5.11 Å². The molecular formula is C29H46O. The summed E-state index contributed by atoms with van der Waals surface area (Å²) in [4.78, 5) is 0. The van der Waals surface area contributed by atoms with Crippen LogP contribution in [0.3, 0.4) is 0 Å². The van der Waals surface area contributed by atoms with Crippen molar-refractivity contribution in [1.29, 1.82) is 0 Å². The van der Waals surface area contributed by atoms with E-state index in [1.165, 1.54) is 50.5 Å². The number of fused-ring (bicyclic) bond motifs is 5. The zero-order chi connectivity index (χ0) is 21.7. The van der Waals surface area contributed by atoms with Gasteiger partial charge in [0.1, 0.15) is 0 Å². The van der Waals surface area contributed by atoms with Gasteiger partial charge in [0.25, 0.3) is 0 Å². The molecule has 0 aliphatic heterocycles. The normalized spacial score (nSPS) is 42.2. The van der Waals surface area contributed by atoms with Crippen LogP contribution in [0, 0.1) is 40.4 Å². The van der Waals surface area contributed by atoms with Gasteiger partial charge in [-0.25, -0.2) is 0 Å². The third-order valence-corrected chi connectivity index (χ3v) is 10.3. The first-order chi connectivity index (χ1) is 14.2. The summed E-state index contributed by atoms with van der Waals surface area (Å²) in [5.74, 6) is 3.90. The minimum Gasteiger partial charge on any atom is -0.393 e. The van der Waals surface area contributed by atoms with Crippen LogP contribution in [0.15, 0.2) is 34.9 Å². The van der Waals surface area contributed by atoms with E-state index in [4.69, 9.17) is 0 Å². The van der Waals surface area contributed by atoms with Gasteiger partial charge in [0, 0.05) is 0 Å². The number of hydrogen-bond acceptors (Lipinski definition) is 1. The summed E-state index contributed by atoms with van der Waals surface area (Å²) in [6.45, 7) is 14.6. The number of allylic oxidation sites excluding steroid dienone is 5. The quantitative estimate of drug-likeness (QED) is 0.457. The van der Waals surface area contributed by atoms with Crippen molar-refractivity contribution in [3.05, 3.63) is 34.9 Å². The molecule has 30 heavy (non-hydrogen) atoms. The second-order valence-electron chi connectivity index (χ2n) is 12.0. The molecule has 0 heterocycles. The molecule has 7 atom stereocenters. The van der Waals surface area contributed by atoms with Crippen LogP contribution in [0.1, 0.15) is 99.3 Å². The van der Waals surface area contributed by atoms with E-state index in [2.05, 4.69) is 59.8 Å². The molecule has 0 bridgehead atoms. The lowest BCUT2D eigenvalue weighted by molar-refractivity contribution is 0.0326. The minimum absolute atomic E-state index is 0.113. The van der Waals surface area contributed by atoms with Crippen LogP contribution in [0.2, 0.25) is 0 Å². The molecule has 4 rings (SSSR count). The van der Waals surface area contributed by atoms with Crippen molar-refractivity contribution in [3.63, 3.8) is 0 Å². The lowest BCUT2D eigenvalue weighted by atomic mass is 9.50. The predicted molar refractivity (Wildman–Crippen MR) is 128 cm³/mol. The summed E-state index contributed by atoms with van der Waals surface area (Å²) >= 11 is 0. The summed E-state index contributed by atoms with van der Waals surface area (Å²) in [5.41, 5.74) is 5.77. The molecule has 168 valence electrons. The summed E-state index contributed by atoms with van der Waals surface area (Å²) in [6.07, 6.45) is 18.5. The molecule has 0 aromatic carbocycles. The van der Waals surface area contributed by atoms with Gasteiger partial charge in [0.15, 0.2) is 0 Å². The molecule has 0 aromatic heterocycles. The molecule has 1 nitrogen and oxygen atoms in total. The Hall–Kier alpha value is -0.820. The van der Waals surface area contributed by atoms with E-state index >= 15 is 0 Å². The first-order valence-electron chi connectivity index (χ1n) is 12.9. The Bertz CT molecular complexity index is 739. The van der Waals surface area contributed by atoms with Crippen LogP contribution < -0.4 is 0 Å². The van der Waals surface area contributed by atoms with Crippen molar-refractivity contribution in [2.45, 2.75) is 105 Å². The summed E-state index contributed by atoms with van der Waals surface area (Å²) < 4.78 is 0. The molecule has 0 radical (unpaired) electrons. The zero-order valence-electron chi connectivity index (χ0n) is 20.5. The molecule has 7 unspecified atom stereocenters. The molecule has 0 spiro atoms. The summed E-state index contributed by atoms with van der Waals surface area (Å²) in [6, 6.07) is 0. The predicted octanol–water partition coefficient (Wildman–Crippen LogP) is 7.87. The van der Waals surface area contributed by atoms with E-state index in [-0.39, 0.29) is 6.10 Å². The van der Waals surface area contributed by atoms with Gasteiger partial charge in [0.05, 0.1) is 6.10 Å². The van der Waals surface area contributed by atoms with E-state index in [1.54, 1.807) is 11.1 Å². The van der Waals surface area contributed by atoms with E-state index < -0.39 is 0 Å². The van der Waals surface area contributed by atoms with E-state index in [1.807, 2.05) is 0 Å². The van der Waals surface area contributed by atoms with E-state index in [0.717, 1.165) is 36.5 Å². The fourth-order valence-corrected chi connectivity index (χ4v) is 8.32. The van der Waals surface area contributed by atoms with Crippen molar-refractivity contribution >= 4 is 0 Å². The Kier molecular flexibility index (Phi) is 6.17. The van der Waals surface area contributed by atoms with Gasteiger partial charge in [-0.2, -0.15) is 0 Å². The third kappa shape index (κ3) is 3.58. The van der Waals surface area contributed by atoms with Crippen LogP contribution in [-0.2, 0) is 0 Å². The Morgan fingerprint density at radius 1 is 1.07 bits per heavy atom. The van der Waals surface area contributed by atoms with Gasteiger partial charge >= 0.3 is 0 Å². The van der Waals surface area contributed by atoms with Gasteiger partial charge in [0.2, 0.25) is 0 Å². The molecule has 3 saturated carbocycles. The maximum absolute atomic E-state index is 10.2. The molecule has 0 aromatic rings. The van der Waals surface area contributed by atoms with Crippen molar-refractivity contribution in [1.82, 2.24) is 0 Å². The topological polar surface area (TPSA) is 20.2 Å². The lowest BCUT2D eigenvalue weighted by Crippen LogP contribution is -2.46. The molecule has 4 aliphatic rings. The maximum atomic E-state index is 10.2. The fraction of sp³-hybridized carbons (Fsp3) is 0.793. The molecule has 4 aliphatic carbocycles. The highest BCUT2D eigenvalue weighted by atomic mass is 16.3. The molecule has 3 fully saturated rings.